The molecular formula is C11H19N3O2. The van der Waals surface area contributed by atoms with Gasteiger partial charge in [-0.25, -0.2) is 0 Å². The molecule has 5 nitrogen and oxygen atoms in total. The van der Waals surface area contributed by atoms with Crippen molar-refractivity contribution in [2.45, 2.75) is 25.2 Å². The molecule has 0 N–H and O–H groups in total. The van der Waals surface area contributed by atoms with Crippen molar-refractivity contribution in [1.82, 2.24) is 15.1 Å². The number of hydrogen-bond acceptors (Lipinski definition) is 5. The van der Waals surface area contributed by atoms with Crippen LogP contribution < -0.4 is 0 Å². The molecule has 0 spiro atoms. The van der Waals surface area contributed by atoms with Crippen LogP contribution in [-0.2, 0) is 4.74 Å². The minimum Gasteiger partial charge on any atom is -0.428 e. The molecule has 1 aromatic rings. The monoisotopic (exact) mass is 225 g/mol. The standard InChI is InChI=1S/C11H19N3O2/c1-15-8-2-5-14-6-3-10(4-7-14)11-13-12-9-16-11/h9-10H,2-8H2,1H3. The molecule has 0 radical (unpaired) electrons. The molecule has 1 aliphatic rings. The third-order valence-corrected chi connectivity index (χ3v) is 3.14. The Bertz CT molecular complexity index is 281. The summed E-state index contributed by atoms with van der Waals surface area (Å²) in [7, 11) is 1.75. The average molecular weight is 225 g/mol. The second kappa shape index (κ2) is 5.96. The van der Waals surface area contributed by atoms with E-state index < -0.39 is 0 Å². The first-order valence-electron chi connectivity index (χ1n) is 5.87. The zero-order chi connectivity index (χ0) is 11.2. The lowest BCUT2D eigenvalue weighted by molar-refractivity contribution is 0.153. The van der Waals surface area contributed by atoms with Crippen LogP contribution >= 0.6 is 0 Å². The molecular weight excluding hydrogens is 206 g/mol. The van der Waals surface area contributed by atoms with E-state index in [0.29, 0.717) is 5.92 Å². The Morgan fingerprint density at radius 1 is 1.50 bits per heavy atom. The SMILES string of the molecule is COCCCN1CCC(c2nnco2)CC1. The van der Waals surface area contributed by atoms with Crippen molar-refractivity contribution in [3.05, 3.63) is 12.3 Å². The third-order valence-electron chi connectivity index (χ3n) is 3.14. The molecule has 0 amide bonds. The molecule has 0 aromatic carbocycles. The molecule has 1 aliphatic heterocycles. The second-order valence-electron chi connectivity index (χ2n) is 4.24. The Kier molecular flexibility index (Phi) is 4.30. The summed E-state index contributed by atoms with van der Waals surface area (Å²) >= 11 is 0. The summed E-state index contributed by atoms with van der Waals surface area (Å²) in [5.74, 6) is 1.26. The lowest BCUT2D eigenvalue weighted by Crippen LogP contribution is -2.34. The number of ether oxygens (including phenoxy) is 1. The summed E-state index contributed by atoms with van der Waals surface area (Å²) in [6.07, 6.45) is 4.77. The number of rotatable bonds is 5. The summed E-state index contributed by atoms with van der Waals surface area (Å²) in [4.78, 5) is 2.48. The predicted octanol–water partition coefficient (Wildman–Crippen LogP) is 1.29. The molecule has 1 aromatic heterocycles. The van der Waals surface area contributed by atoms with Crippen molar-refractivity contribution in [1.29, 1.82) is 0 Å². The second-order valence-corrected chi connectivity index (χ2v) is 4.24. The van der Waals surface area contributed by atoms with Crippen molar-refractivity contribution in [2.75, 3.05) is 33.4 Å². The first-order valence-corrected chi connectivity index (χ1v) is 5.87. The first kappa shape index (κ1) is 11.5. The molecule has 0 atom stereocenters. The fourth-order valence-electron chi connectivity index (χ4n) is 2.20. The van der Waals surface area contributed by atoms with Gasteiger partial charge in [-0.2, -0.15) is 0 Å². The topological polar surface area (TPSA) is 51.4 Å². The zero-order valence-electron chi connectivity index (χ0n) is 9.76. The Balaban J connectivity index is 1.70. The van der Waals surface area contributed by atoms with E-state index in [0.717, 1.165) is 51.4 Å². The summed E-state index contributed by atoms with van der Waals surface area (Å²) in [5, 5.41) is 7.72. The fourth-order valence-corrected chi connectivity index (χ4v) is 2.20. The fraction of sp³-hybridized carbons (Fsp3) is 0.818. The number of piperidine rings is 1. The maximum Gasteiger partial charge on any atom is 0.219 e. The molecule has 1 saturated heterocycles. The van der Waals surface area contributed by atoms with E-state index in [4.69, 9.17) is 9.15 Å². The Labute approximate surface area is 95.8 Å². The smallest absolute Gasteiger partial charge is 0.219 e. The number of aromatic nitrogens is 2. The van der Waals surface area contributed by atoms with Gasteiger partial charge in [0.1, 0.15) is 0 Å². The molecule has 0 aliphatic carbocycles. The van der Waals surface area contributed by atoms with Crippen LogP contribution in [0, 0.1) is 0 Å². The Hall–Kier alpha value is -0.940. The molecule has 16 heavy (non-hydrogen) atoms. The quantitative estimate of drug-likeness (QED) is 0.707. The highest BCUT2D eigenvalue weighted by molar-refractivity contribution is 4.91. The normalized spacial score (nSPS) is 19.1. The number of hydrogen-bond donors (Lipinski definition) is 0. The maximum absolute atomic E-state index is 5.25. The van der Waals surface area contributed by atoms with Crippen molar-refractivity contribution in [2.24, 2.45) is 0 Å². The van der Waals surface area contributed by atoms with Gasteiger partial charge in [0.25, 0.3) is 0 Å². The highest BCUT2D eigenvalue weighted by Gasteiger charge is 2.23. The largest absolute Gasteiger partial charge is 0.428 e. The predicted molar refractivity (Wildman–Crippen MR) is 59.2 cm³/mol. The highest BCUT2D eigenvalue weighted by Crippen LogP contribution is 2.26. The summed E-state index contributed by atoms with van der Waals surface area (Å²) in [6, 6.07) is 0. The first-order chi connectivity index (χ1) is 7.90. The lowest BCUT2D eigenvalue weighted by Gasteiger charge is -2.30. The van der Waals surface area contributed by atoms with E-state index in [9.17, 15) is 0 Å². The van der Waals surface area contributed by atoms with Crippen LogP contribution in [0.5, 0.6) is 0 Å². The average Bonchev–Trinajstić information content (AvgIpc) is 2.84. The van der Waals surface area contributed by atoms with E-state index in [1.54, 1.807) is 7.11 Å². The van der Waals surface area contributed by atoms with Gasteiger partial charge in [0, 0.05) is 26.2 Å². The van der Waals surface area contributed by atoms with Gasteiger partial charge in [-0.3, -0.25) is 0 Å². The molecule has 0 bridgehead atoms. The summed E-state index contributed by atoms with van der Waals surface area (Å²) in [6.45, 7) is 4.22. The molecule has 0 saturated carbocycles. The van der Waals surface area contributed by atoms with Crippen LogP contribution in [0.15, 0.2) is 10.8 Å². The van der Waals surface area contributed by atoms with E-state index in [1.807, 2.05) is 0 Å². The molecule has 1 fully saturated rings. The lowest BCUT2D eigenvalue weighted by atomic mass is 9.97. The summed E-state index contributed by atoms with van der Waals surface area (Å²) in [5.41, 5.74) is 0. The van der Waals surface area contributed by atoms with Gasteiger partial charge in [0.05, 0.1) is 0 Å². The minimum absolute atomic E-state index is 0.459. The van der Waals surface area contributed by atoms with Gasteiger partial charge in [-0.1, -0.05) is 0 Å². The molecule has 2 rings (SSSR count). The van der Waals surface area contributed by atoms with Crippen molar-refractivity contribution < 1.29 is 9.15 Å². The molecule has 90 valence electrons. The van der Waals surface area contributed by atoms with Crippen LogP contribution in [0.25, 0.3) is 0 Å². The number of methoxy groups -OCH3 is 1. The van der Waals surface area contributed by atoms with Crippen LogP contribution in [0.1, 0.15) is 31.1 Å². The van der Waals surface area contributed by atoms with Crippen LogP contribution in [0.2, 0.25) is 0 Å². The third kappa shape index (κ3) is 3.02. The van der Waals surface area contributed by atoms with Crippen molar-refractivity contribution >= 4 is 0 Å². The highest BCUT2D eigenvalue weighted by atomic mass is 16.5. The molecule has 0 unspecified atom stereocenters. The van der Waals surface area contributed by atoms with Gasteiger partial charge >= 0.3 is 0 Å². The van der Waals surface area contributed by atoms with Crippen molar-refractivity contribution in [3.8, 4) is 0 Å². The van der Waals surface area contributed by atoms with E-state index in [1.165, 1.54) is 6.39 Å². The molecule has 2 heterocycles. The summed E-state index contributed by atoms with van der Waals surface area (Å²) < 4.78 is 10.3. The number of likely N-dealkylation sites (tertiary alicyclic amines) is 1. The van der Waals surface area contributed by atoms with Crippen LogP contribution in [0.4, 0.5) is 0 Å². The minimum atomic E-state index is 0.459. The Morgan fingerprint density at radius 2 is 2.31 bits per heavy atom. The maximum atomic E-state index is 5.25. The van der Waals surface area contributed by atoms with Gasteiger partial charge in [-0.05, 0) is 32.4 Å². The van der Waals surface area contributed by atoms with Crippen LogP contribution in [0.3, 0.4) is 0 Å². The van der Waals surface area contributed by atoms with Gasteiger partial charge < -0.3 is 14.1 Å². The van der Waals surface area contributed by atoms with Crippen molar-refractivity contribution in [3.63, 3.8) is 0 Å². The Morgan fingerprint density at radius 3 is 2.94 bits per heavy atom. The van der Waals surface area contributed by atoms with Gasteiger partial charge in [0.15, 0.2) is 0 Å². The van der Waals surface area contributed by atoms with Crippen LogP contribution in [-0.4, -0.2) is 48.4 Å². The molecule has 5 heteroatoms. The van der Waals surface area contributed by atoms with E-state index >= 15 is 0 Å². The zero-order valence-corrected chi connectivity index (χ0v) is 9.76. The van der Waals surface area contributed by atoms with E-state index in [2.05, 4.69) is 15.1 Å². The van der Waals surface area contributed by atoms with E-state index in [-0.39, 0.29) is 0 Å². The van der Waals surface area contributed by atoms with Gasteiger partial charge in [0.2, 0.25) is 12.3 Å². The number of nitrogens with zero attached hydrogens (tertiary/aromatic N) is 3. The van der Waals surface area contributed by atoms with Gasteiger partial charge in [-0.15, -0.1) is 10.2 Å².